The van der Waals surface area contributed by atoms with Gasteiger partial charge in [-0.2, -0.15) is 0 Å². The number of alkyl carbamates (subject to hydrolysis) is 2. The minimum atomic E-state index is -0.637. The molecule has 2 fully saturated rings. The van der Waals surface area contributed by atoms with Gasteiger partial charge in [0.1, 0.15) is 23.9 Å². The zero-order chi connectivity index (χ0) is 38.8. The van der Waals surface area contributed by atoms with Crippen LogP contribution in [0.3, 0.4) is 0 Å². The van der Waals surface area contributed by atoms with Crippen LogP contribution < -0.4 is 16.0 Å². The Labute approximate surface area is 316 Å². The Balaban J connectivity index is 0.000000331. The Morgan fingerprint density at radius 3 is 2.11 bits per heavy atom. The molecule has 0 radical (unpaired) electrons. The average Bonchev–Trinajstić information content (AvgIpc) is 3.99. The molecule has 5 amide bonds. The largest absolute Gasteiger partial charge is 0.453 e. The number of nitrogens with one attached hydrogen (secondary N) is 4. The molecule has 0 aliphatic carbocycles. The van der Waals surface area contributed by atoms with Gasteiger partial charge in [-0.25, -0.2) is 24.5 Å². The molecule has 2 aliphatic heterocycles. The minimum Gasteiger partial charge on any atom is -0.453 e. The maximum atomic E-state index is 12.6. The number of H-pyrrole nitrogens is 1. The van der Waals surface area contributed by atoms with Crippen LogP contribution in [0.25, 0.3) is 25.4 Å². The van der Waals surface area contributed by atoms with Crippen LogP contribution in [0.15, 0.2) is 24.8 Å². The molecule has 1 atom stereocenters. The second-order valence-corrected chi connectivity index (χ2v) is 13.9. The van der Waals surface area contributed by atoms with Crippen LogP contribution in [0.4, 0.5) is 15.4 Å². The Kier molecular flexibility index (Phi) is 17.7. The first-order valence-electron chi connectivity index (χ1n) is 17.5. The lowest BCUT2D eigenvalue weighted by Crippen LogP contribution is -2.40. The number of hydrogen-bond acceptors (Lipinski definition) is 12. The van der Waals surface area contributed by atoms with Gasteiger partial charge in [0.25, 0.3) is 0 Å². The summed E-state index contributed by atoms with van der Waals surface area (Å²) >= 11 is 3.00. The number of ether oxygens (including phenoxy) is 2. The van der Waals surface area contributed by atoms with E-state index in [1.165, 1.54) is 49.7 Å². The fourth-order valence-electron chi connectivity index (χ4n) is 5.14. The summed E-state index contributed by atoms with van der Waals surface area (Å²) in [6.07, 6.45) is 12.9. The second-order valence-electron chi connectivity index (χ2n) is 11.8. The number of imidazole rings is 2. The minimum absolute atomic E-state index is 0.0344. The lowest BCUT2D eigenvalue weighted by atomic mass is 10.2. The third kappa shape index (κ3) is 12.6. The number of fused-ring (bicyclic) bond motifs is 1. The van der Waals surface area contributed by atoms with E-state index < -0.39 is 12.2 Å². The van der Waals surface area contributed by atoms with Crippen LogP contribution in [0.2, 0.25) is 0 Å². The van der Waals surface area contributed by atoms with Gasteiger partial charge in [0.15, 0.2) is 10.8 Å². The average molecular weight is 775 g/mol. The van der Waals surface area contributed by atoms with Crippen molar-refractivity contribution < 1.29 is 33.4 Å². The van der Waals surface area contributed by atoms with E-state index >= 15 is 0 Å². The summed E-state index contributed by atoms with van der Waals surface area (Å²) in [7, 11) is 2.53. The number of carbonyl (C=O) groups is 5. The van der Waals surface area contributed by atoms with E-state index in [0.717, 1.165) is 64.2 Å². The van der Waals surface area contributed by atoms with Gasteiger partial charge in [0, 0.05) is 32.0 Å². The predicted molar refractivity (Wildman–Crippen MR) is 204 cm³/mol. The van der Waals surface area contributed by atoms with Crippen molar-refractivity contribution in [1.82, 2.24) is 44.8 Å². The number of carbonyl (C=O) groups excluding carboxylic acids is 5. The Morgan fingerprint density at radius 2 is 1.51 bits per heavy atom. The number of thiazole rings is 2. The third-order valence-corrected chi connectivity index (χ3v) is 9.62. The van der Waals surface area contributed by atoms with Gasteiger partial charge < -0.3 is 40.2 Å². The van der Waals surface area contributed by atoms with Crippen molar-refractivity contribution in [2.45, 2.75) is 72.3 Å². The van der Waals surface area contributed by atoms with Crippen molar-refractivity contribution in [3.05, 3.63) is 30.6 Å². The van der Waals surface area contributed by atoms with E-state index in [0.29, 0.717) is 24.6 Å². The highest BCUT2D eigenvalue weighted by Crippen LogP contribution is 2.37. The highest BCUT2D eigenvalue weighted by Gasteiger charge is 2.32. The van der Waals surface area contributed by atoms with Gasteiger partial charge in [-0.05, 0) is 25.7 Å². The van der Waals surface area contributed by atoms with Gasteiger partial charge in [-0.15, -0.1) is 11.3 Å². The molecule has 19 heteroatoms. The molecular formula is C34H50N10O7S2. The summed E-state index contributed by atoms with van der Waals surface area (Å²) in [5.74, 6) is 0.986. The number of anilines is 1. The second kappa shape index (κ2) is 22.1. The summed E-state index contributed by atoms with van der Waals surface area (Å²) < 4.78 is 10.7. The first kappa shape index (κ1) is 42.4. The summed E-state index contributed by atoms with van der Waals surface area (Å²) in [5.41, 5.74) is 0.824. The van der Waals surface area contributed by atoms with Crippen LogP contribution in [-0.2, 0) is 23.9 Å². The summed E-state index contributed by atoms with van der Waals surface area (Å²) in [6, 6.07) is -0.174. The normalized spacial score (nSPS) is 14.5. The quantitative estimate of drug-likeness (QED) is 0.162. The van der Waals surface area contributed by atoms with E-state index in [1.807, 2.05) is 10.6 Å². The molecule has 6 rings (SSSR count). The van der Waals surface area contributed by atoms with Gasteiger partial charge in [-0.3, -0.25) is 18.8 Å². The zero-order valence-corrected chi connectivity index (χ0v) is 32.7. The molecule has 4 aromatic heterocycles. The van der Waals surface area contributed by atoms with Crippen molar-refractivity contribution in [1.29, 1.82) is 0 Å². The molecule has 0 unspecified atom stereocenters. The zero-order valence-electron chi connectivity index (χ0n) is 31.1. The molecule has 6 heterocycles. The Morgan fingerprint density at radius 1 is 0.868 bits per heavy atom. The van der Waals surface area contributed by atoms with Crippen molar-refractivity contribution >= 4 is 63.9 Å². The number of methoxy groups -OCH3 is 2. The van der Waals surface area contributed by atoms with Gasteiger partial charge in [0.05, 0.1) is 48.1 Å². The van der Waals surface area contributed by atoms with Crippen LogP contribution in [0.5, 0.6) is 0 Å². The summed E-state index contributed by atoms with van der Waals surface area (Å²) in [4.78, 5) is 79.3. The number of rotatable bonds is 9. The maximum Gasteiger partial charge on any atom is 0.407 e. The number of aromatic nitrogens is 5. The maximum absolute atomic E-state index is 12.6. The Hall–Kier alpha value is -5.04. The summed E-state index contributed by atoms with van der Waals surface area (Å²) in [6.45, 7) is 10.6. The van der Waals surface area contributed by atoms with E-state index in [2.05, 4.69) is 73.1 Å². The van der Waals surface area contributed by atoms with Crippen LogP contribution in [0.1, 0.15) is 78.1 Å². The predicted octanol–water partition coefficient (Wildman–Crippen LogP) is 5.29. The van der Waals surface area contributed by atoms with E-state index in [-0.39, 0.29) is 30.9 Å². The molecule has 0 spiro atoms. The van der Waals surface area contributed by atoms with Gasteiger partial charge >= 0.3 is 12.2 Å². The topological polar surface area (TPSA) is 205 Å². The molecule has 0 aromatic carbocycles. The standard InChI is InChI=1S/C20H20N8O4S2.C8H14N2O3.2C3H8/c1-32-20(31)23-7-16(30)28-4-2-3-12(28)17-21-5-11(25-17)13-6-22-18(33-13)14-8-27-9-15(24-10-29)26-19(27)34-14;1-13-8(12)9-6-7(11)10-4-2-3-5-10;2*1-3-2/h5-6,8-10,12H,2-4,7H2,1H3,(H,21,25)(H,23,31)(H,24,29);2-6H2,1H3,(H,9,12);2*3H2,1-2H3/t12-;;;/m0.../s1. The molecule has 4 aromatic rings. The molecule has 4 N–H and O–H groups in total. The number of aromatic amines is 1. The number of likely N-dealkylation sites (tertiary alicyclic amines) is 2. The van der Waals surface area contributed by atoms with E-state index in [1.54, 1.807) is 28.4 Å². The molecule has 0 bridgehead atoms. The molecular weight excluding hydrogens is 725 g/mol. The van der Waals surface area contributed by atoms with Crippen molar-refractivity contribution in [3.63, 3.8) is 0 Å². The molecule has 0 saturated carbocycles. The van der Waals surface area contributed by atoms with E-state index in [4.69, 9.17) is 0 Å². The monoisotopic (exact) mass is 774 g/mol. The van der Waals surface area contributed by atoms with Crippen molar-refractivity contribution in [3.8, 4) is 20.5 Å². The smallest absolute Gasteiger partial charge is 0.407 e. The fourth-order valence-corrected chi connectivity index (χ4v) is 7.03. The molecule has 2 aliphatic rings. The van der Waals surface area contributed by atoms with Crippen molar-refractivity contribution in [2.24, 2.45) is 0 Å². The lowest BCUT2D eigenvalue weighted by molar-refractivity contribution is -0.131. The van der Waals surface area contributed by atoms with Crippen LogP contribution in [0, 0.1) is 0 Å². The molecule has 2 saturated heterocycles. The van der Waals surface area contributed by atoms with Gasteiger partial charge in [-0.1, -0.05) is 51.9 Å². The van der Waals surface area contributed by atoms with E-state index in [9.17, 15) is 24.0 Å². The van der Waals surface area contributed by atoms with Gasteiger partial charge in [0.2, 0.25) is 18.2 Å². The van der Waals surface area contributed by atoms with Crippen LogP contribution in [-0.4, -0.2) is 111 Å². The number of hydrogen-bond donors (Lipinski definition) is 4. The lowest BCUT2D eigenvalue weighted by Gasteiger charge is -2.23. The number of amides is 5. The fraction of sp³-hybridized carbons (Fsp3) is 0.529. The molecule has 17 nitrogen and oxygen atoms in total. The number of nitrogens with zero attached hydrogens (tertiary/aromatic N) is 6. The third-order valence-electron chi connectivity index (χ3n) is 7.43. The molecule has 290 valence electrons. The molecule has 53 heavy (non-hydrogen) atoms. The SMILES string of the molecule is CCC.CCC.COC(=O)NCC(=O)N1CCCC1.COC(=O)NCC(=O)N1CCC[C@H]1c1ncc(-c2cnc(-c3cn4cc(NC=O)nc4s3)s2)[nH]1. The highest BCUT2D eigenvalue weighted by molar-refractivity contribution is 7.25. The Bertz CT molecular complexity index is 1730. The highest BCUT2D eigenvalue weighted by atomic mass is 32.1. The summed E-state index contributed by atoms with van der Waals surface area (Å²) in [5, 5.41) is 8.18. The van der Waals surface area contributed by atoms with Crippen LogP contribution >= 0.6 is 22.7 Å². The van der Waals surface area contributed by atoms with Crippen molar-refractivity contribution in [2.75, 3.05) is 52.3 Å². The first-order chi connectivity index (χ1) is 25.6. The first-order valence-corrected chi connectivity index (χ1v) is 19.2.